The molecule has 0 saturated carbocycles. The Labute approximate surface area is 389 Å². The molecule has 2 heterocycles. The first-order chi connectivity index (χ1) is 32.1. The minimum absolute atomic E-state index is 0.0504. The molecule has 0 aliphatic carbocycles. The zero-order chi connectivity index (χ0) is 46.6. The summed E-state index contributed by atoms with van der Waals surface area (Å²) in [5.41, 5.74) is 5.93. The summed E-state index contributed by atoms with van der Waals surface area (Å²) in [5.74, 6) is -0.824. The van der Waals surface area contributed by atoms with Crippen molar-refractivity contribution in [3.05, 3.63) is 162 Å². The molecule has 4 atom stereocenters. The van der Waals surface area contributed by atoms with Crippen LogP contribution >= 0.6 is 0 Å². The fraction of sp³-hybridized carbons (Fsp3) is 0.370. The normalized spacial score (nSPS) is 16.9. The Morgan fingerprint density at radius 2 is 0.924 bits per heavy atom. The second-order valence-corrected chi connectivity index (χ2v) is 17.2. The van der Waals surface area contributed by atoms with Crippen LogP contribution < -0.4 is 15.5 Å². The number of carbonyl (C=O) groups is 4. The highest BCUT2D eigenvalue weighted by atomic mass is 19.1. The third-order valence-corrected chi connectivity index (χ3v) is 13.1. The lowest BCUT2D eigenvalue weighted by atomic mass is 10.0. The van der Waals surface area contributed by atoms with Crippen molar-refractivity contribution in [2.24, 2.45) is 0 Å². The van der Waals surface area contributed by atoms with Crippen molar-refractivity contribution in [1.29, 1.82) is 0 Å². The van der Waals surface area contributed by atoms with Crippen LogP contribution in [0.1, 0.15) is 87.7 Å². The van der Waals surface area contributed by atoms with E-state index in [2.05, 4.69) is 53.0 Å². The molecule has 2 fully saturated rings. The van der Waals surface area contributed by atoms with Crippen LogP contribution in [0.5, 0.6) is 0 Å². The Kier molecular flexibility index (Phi) is 16.4. The van der Waals surface area contributed by atoms with E-state index in [1.54, 1.807) is 21.9 Å². The van der Waals surface area contributed by atoms with E-state index in [-0.39, 0.29) is 29.4 Å². The van der Waals surface area contributed by atoms with Crippen molar-refractivity contribution in [3.8, 4) is 0 Å². The van der Waals surface area contributed by atoms with Gasteiger partial charge in [-0.3, -0.25) is 29.0 Å². The minimum atomic E-state index is -0.565. The molecule has 66 heavy (non-hydrogen) atoms. The molecule has 2 saturated heterocycles. The topological polar surface area (TPSA) is 109 Å². The van der Waals surface area contributed by atoms with Gasteiger partial charge in [0.15, 0.2) is 0 Å². The van der Waals surface area contributed by atoms with Crippen LogP contribution in [-0.2, 0) is 32.3 Å². The first-order valence-electron chi connectivity index (χ1n) is 23.6. The van der Waals surface area contributed by atoms with Crippen LogP contribution in [0.3, 0.4) is 0 Å². The van der Waals surface area contributed by atoms with Crippen molar-refractivity contribution in [3.63, 3.8) is 0 Å². The van der Waals surface area contributed by atoms with Gasteiger partial charge in [-0.05, 0) is 123 Å². The molecular formula is C54H64FN7O4. The summed E-state index contributed by atoms with van der Waals surface area (Å²) >= 11 is 0. The number of nitrogens with one attached hydrogen (secondary N) is 2. The molecule has 2 N–H and O–H groups in total. The van der Waals surface area contributed by atoms with E-state index >= 15 is 0 Å². The monoisotopic (exact) mass is 894 g/mol. The molecule has 346 valence electrons. The number of hydrogen-bond acceptors (Lipinski definition) is 7. The van der Waals surface area contributed by atoms with Crippen molar-refractivity contribution >= 4 is 40.7 Å². The summed E-state index contributed by atoms with van der Waals surface area (Å²) in [4.78, 5) is 65.8. The van der Waals surface area contributed by atoms with Gasteiger partial charge in [0.1, 0.15) is 30.0 Å². The van der Waals surface area contributed by atoms with E-state index < -0.39 is 24.2 Å². The zero-order valence-electron chi connectivity index (χ0n) is 38.7. The smallest absolute Gasteiger partial charge is 0.247 e. The molecular weight excluding hydrogens is 830 g/mol. The van der Waals surface area contributed by atoms with Gasteiger partial charge >= 0.3 is 0 Å². The Morgan fingerprint density at radius 1 is 0.545 bits per heavy atom. The van der Waals surface area contributed by atoms with E-state index in [1.807, 2.05) is 109 Å². The third kappa shape index (κ3) is 11.3. The summed E-state index contributed by atoms with van der Waals surface area (Å²) in [6.07, 6.45) is 2.71. The summed E-state index contributed by atoms with van der Waals surface area (Å²) in [6.45, 7) is 13.1. The highest BCUT2D eigenvalue weighted by Gasteiger charge is 2.41. The van der Waals surface area contributed by atoms with E-state index in [9.17, 15) is 23.6 Å². The minimum Gasteiger partial charge on any atom is -0.363 e. The van der Waals surface area contributed by atoms with Gasteiger partial charge < -0.3 is 25.3 Å². The van der Waals surface area contributed by atoms with Gasteiger partial charge in [-0.15, -0.1) is 0 Å². The molecule has 0 spiro atoms. The maximum Gasteiger partial charge on any atom is 0.247 e. The maximum atomic E-state index is 14.2. The predicted octanol–water partition coefficient (Wildman–Crippen LogP) is 9.06. The number of amides is 4. The SMILES string of the molecule is CCN(CC)[C@@H](C(=O)N1CCC[C@H]1C(=O)Nc1ccc(CN(Cc2ccc(NC(=O)[C@@H]3CCCN3C(=O)[C@@H](c3ccccc3)N(CC)CC)cc2)c2ccc(F)cc2)cc1)c1ccccc1. The quantitative estimate of drug-likeness (QED) is 0.0852. The molecule has 4 amide bonds. The van der Waals surface area contributed by atoms with Gasteiger partial charge in [-0.2, -0.15) is 0 Å². The predicted molar refractivity (Wildman–Crippen MR) is 260 cm³/mol. The van der Waals surface area contributed by atoms with Crippen LogP contribution in [0, 0.1) is 5.82 Å². The molecule has 11 nitrogen and oxygen atoms in total. The molecule has 0 unspecified atom stereocenters. The largest absolute Gasteiger partial charge is 0.363 e. The molecule has 2 aliphatic heterocycles. The Bertz CT molecular complexity index is 2210. The lowest BCUT2D eigenvalue weighted by molar-refractivity contribution is -0.141. The van der Waals surface area contributed by atoms with E-state index in [1.165, 1.54) is 12.1 Å². The Morgan fingerprint density at radius 3 is 1.29 bits per heavy atom. The first kappa shape index (κ1) is 47.6. The van der Waals surface area contributed by atoms with Crippen molar-refractivity contribution in [1.82, 2.24) is 19.6 Å². The van der Waals surface area contributed by atoms with Crippen LogP contribution in [0.4, 0.5) is 21.5 Å². The molecule has 5 aromatic rings. The number of halogens is 1. The van der Waals surface area contributed by atoms with E-state index in [4.69, 9.17) is 0 Å². The molecule has 0 bridgehead atoms. The highest BCUT2D eigenvalue weighted by molar-refractivity contribution is 5.99. The highest BCUT2D eigenvalue weighted by Crippen LogP contribution is 2.31. The number of rotatable bonds is 19. The Hall–Kier alpha value is -6.37. The van der Waals surface area contributed by atoms with Gasteiger partial charge in [0.05, 0.1) is 0 Å². The number of carbonyl (C=O) groups excluding carboxylic acids is 4. The van der Waals surface area contributed by atoms with Crippen LogP contribution in [0.2, 0.25) is 0 Å². The summed E-state index contributed by atoms with van der Waals surface area (Å²) in [6, 6.07) is 39.3. The van der Waals surface area contributed by atoms with E-state index in [0.29, 0.717) is 76.6 Å². The van der Waals surface area contributed by atoms with Crippen molar-refractivity contribution in [2.45, 2.75) is 90.6 Å². The van der Waals surface area contributed by atoms with Crippen LogP contribution in [0.15, 0.2) is 133 Å². The molecule has 0 aromatic heterocycles. The molecule has 7 rings (SSSR count). The standard InChI is InChI=1S/C54H64FN7O4/c1-5-58(6-2)49(41-17-11-9-12-18-41)53(65)61-35-15-21-47(61)51(63)56-44-29-23-39(24-30-44)37-60(46-33-27-43(55)28-34-46)38-40-25-31-45(32-26-40)57-52(64)48-22-16-36-62(48)54(66)50(59(7-3)8-4)42-19-13-10-14-20-42/h9-14,17-20,23-34,47-50H,5-8,15-16,21-22,35-38H2,1-4H3,(H,56,63)(H,57,64)/t47-,48-,49+,50+/m0/s1. The second kappa shape index (κ2) is 22.7. The third-order valence-electron chi connectivity index (χ3n) is 13.1. The van der Waals surface area contributed by atoms with Gasteiger partial charge in [-0.25, -0.2) is 4.39 Å². The van der Waals surface area contributed by atoms with Gasteiger partial charge in [-0.1, -0.05) is 113 Å². The molecule has 5 aromatic carbocycles. The maximum absolute atomic E-state index is 14.2. The molecule has 2 aliphatic rings. The summed E-state index contributed by atoms with van der Waals surface area (Å²) < 4.78 is 14.1. The zero-order valence-corrected chi connectivity index (χ0v) is 38.7. The number of hydrogen-bond donors (Lipinski definition) is 2. The number of likely N-dealkylation sites (N-methyl/N-ethyl adjacent to an activating group) is 2. The van der Waals surface area contributed by atoms with Gasteiger partial charge in [0.25, 0.3) is 0 Å². The number of anilines is 3. The molecule has 12 heteroatoms. The summed E-state index contributed by atoms with van der Waals surface area (Å²) in [7, 11) is 0. The average Bonchev–Trinajstić information content (AvgIpc) is 4.06. The summed E-state index contributed by atoms with van der Waals surface area (Å²) in [5, 5.41) is 6.15. The van der Waals surface area contributed by atoms with Crippen LogP contribution in [-0.4, -0.2) is 94.6 Å². The number of nitrogens with zero attached hydrogens (tertiary/aromatic N) is 5. The second-order valence-electron chi connectivity index (χ2n) is 17.2. The lowest BCUT2D eigenvalue weighted by Crippen LogP contribution is -2.48. The van der Waals surface area contributed by atoms with Gasteiger partial charge in [0, 0.05) is 43.2 Å². The van der Waals surface area contributed by atoms with Gasteiger partial charge in [0.2, 0.25) is 23.6 Å². The fourth-order valence-corrected chi connectivity index (χ4v) is 9.56. The fourth-order valence-electron chi connectivity index (χ4n) is 9.56. The van der Waals surface area contributed by atoms with Crippen molar-refractivity contribution in [2.75, 3.05) is 54.8 Å². The Balaban J connectivity index is 0.991. The first-order valence-corrected chi connectivity index (χ1v) is 23.6. The number of benzene rings is 5. The average molecular weight is 894 g/mol. The number of likely N-dealkylation sites (tertiary alicyclic amines) is 2. The van der Waals surface area contributed by atoms with Crippen molar-refractivity contribution < 1.29 is 23.6 Å². The molecule has 0 radical (unpaired) electrons. The van der Waals surface area contributed by atoms with Crippen LogP contribution in [0.25, 0.3) is 0 Å². The van der Waals surface area contributed by atoms with E-state index in [0.717, 1.165) is 40.8 Å². The lowest BCUT2D eigenvalue weighted by Gasteiger charge is -2.34.